The fourth-order valence-electron chi connectivity index (χ4n) is 1.02. The fraction of sp³-hybridized carbons (Fsp3) is 0.500. The van der Waals surface area contributed by atoms with Gasteiger partial charge in [0.2, 0.25) is 5.89 Å². The zero-order valence-corrected chi connectivity index (χ0v) is 9.48. The molecular formula is C10H15ClN2O. The molecule has 1 aromatic rings. The Morgan fingerprint density at radius 3 is 2.79 bits per heavy atom. The summed E-state index contributed by atoms with van der Waals surface area (Å²) in [4.78, 5) is 4.25. The van der Waals surface area contributed by atoms with Gasteiger partial charge in [0.1, 0.15) is 5.76 Å². The van der Waals surface area contributed by atoms with Crippen LogP contribution in [0.2, 0.25) is 0 Å². The van der Waals surface area contributed by atoms with Crippen LogP contribution in [0.25, 0.3) is 0 Å². The Morgan fingerprint density at radius 2 is 2.29 bits per heavy atom. The SMILES string of the molecule is CC(=CCl)CNCc1nc(C)c(C)o1. The Kier molecular flexibility index (Phi) is 4.17. The molecule has 0 bridgehead atoms. The average molecular weight is 215 g/mol. The molecule has 4 heteroatoms. The first-order valence-corrected chi connectivity index (χ1v) is 4.96. The molecule has 1 N–H and O–H groups in total. The maximum Gasteiger partial charge on any atom is 0.208 e. The summed E-state index contributed by atoms with van der Waals surface area (Å²) in [7, 11) is 0. The van der Waals surface area contributed by atoms with E-state index in [0.29, 0.717) is 6.54 Å². The standard InChI is InChI=1S/C10H15ClN2O/c1-7(4-11)5-12-6-10-13-8(2)9(3)14-10/h4,12H,5-6H2,1-3H3. The molecule has 0 aromatic carbocycles. The number of aryl methyl sites for hydroxylation is 2. The third kappa shape index (κ3) is 3.16. The molecule has 78 valence electrons. The van der Waals surface area contributed by atoms with Gasteiger partial charge < -0.3 is 9.73 Å². The van der Waals surface area contributed by atoms with Gasteiger partial charge in [-0.25, -0.2) is 4.98 Å². The molecule has 1 aromatic heterocycles. The zero-order valence-electron chi connectivity index (χ0n) is 8.72. The van der Waals surface area contributed by atoms with Gasteiger partial charge >= 0.3 is 0 Å². The van der Waals surface area contributed by atoms with E-state index >= 15 is 0 Å². The number of hydrogen-bond donors (Lipinski definition) is 1. The van der Waals surface area contributed by atoms with Crippen molar-refractivity contribution >= 4 is 11.6 Å². The van der Waals surface area contributed by atoms with Gasteiger partial charge in [-0.15, -0.1) is 0 Å². The lowest BCUT2D eigenvalue weighted by atomic mass is 10.3. The van der Waals surface area contributed by atoms with Crippen molar-refractivity contribution in [2.75, 3.05) is 6.54 Å². The topological polar surface area (TPSA) is 38.1 Å². The van der Waals surface area contributed by atoms with Crippen molar-refractivity contribution in [2.24, 2.45) is 0 Å². The smallest absolute Gasteiger partial charge is 0.208 e. The van der Waals surface area contributed by atoms with Crippen LogP contribution in [0.15, 0.2) is 15.5 Å². The molecule has 0 aliphatic carbocycles. The van der Waals surface area contributed by atoms with E-state index in [1.807, 2.05) is 20.8 Å². The molecular weight excluding hydrogens is 200 g/mol. The maximum atomic E-state index is 5.52. The van der Waals surface area contributed by atoms with Crippen molar-refractivity contribution in [3.8, 4) is 0 Å². The van der Waals surface area contributed by atoms with Crippen LogP contribution in [-0.2, 0) is 6.54 Å². The van der Waals surface area contributed by atoms with E-state index in [4.69, 9.17) is 16.0 Å². The molecule has 0 aliphatic heterocycles. The normalized spacial score (nSPS) is 12.1. The minimum Gasteiger partial charge on any atom is -0.444 e. The summed E-state index contributed by atoms with van der Waals surface area (Å²) in [5.41, 5.74) is 3.61. The summed E-state index contributed by atoms with van der Waals surface area (Å²) >= 11 is 5.52. The van der Waals surface area contributed by atoms with Crippen LogP contribution < -0.4 is 5.32 Å². The highest BCUT2D eigenvalue weighted by Gasteiger charge is 2.03. The minimum absolute atomic E-state index is 0.636. The van der Waals surface area contributed by atoms with Gasteiger partial charge in [-0.1, -0.05) is 11.6 Å². The molecule has 0 saturated carbocycles. The predicted octanol–water partition coefficient (Wildman–Crippen LogP) is 2.52. The third-order valence-electron chi connectivity index (χ3n) is 1.94. The van der Waals surface area contributed by atoms with Crippen LogP contribution in [-0.4, -0.2) is 11.5 Å². The van der Waals surface area contributed by atoms with Crippen LogP contribution in [0, 0.1) is 13.8 Å². The van der Waals surface area contributed by atoms with Crippen molar-refractivity contribution in [3.63, 3.8) is 0 Å². The molecule has 0 unspecified atom stereocenters. The largest absolute Gasteiger partial charge is 0.444 e. The molecule has 0 aliphatic rings. The highest BCUT2D eigenvalue weighted by atomic mass is 35.5. The molecule has 3 nitrogen and oxygen atoms in total. The van der Waals surface area contributed by atoms with Crippen molar-refractivity contribution in [1.82, 2.24) is 10.3 Å². The van der Waals surface area contributed by atoms with Gasteiger partial charge in [-0.05, 0) is 26.3 Å². The van der Waals surface area contributed by atoms with E-state index in [1.54, 1.807) is 5.54 Å². The number of hydrogen-bond acceptors (Lipinski definition) is 3. The van der Waals surface area contributed by atoms with Crippen molar-refractivity contribution in [1.29, 1.82) is 0 Å². The van der Waals surface area contributed by atoms with Crippen molar-refractivity contribution < 1.29 is 4.42 Å². The van der Waals surface area contributed by atoms with E-state index in [-0.39, 0.29) is 0 Å². The first-order chi connectivity index (χ1) is 6.63. The lowest BCUT2D eigenvalue weighted by Crippen LogP contribution is -2.15. The van der Waals surface area contributed by atoms with Gasteiger partial charge in [-0.3, -0.25) is 0 Å². The predicted molar refractivity (Wildman–Crippen MR) is 57.3 cm³/mol. The van der Waals surface area contributed by atoms with Gasteiger partial charge in [0.05, 0.1) is 12.2 Å². The number of nitrogens with zero attached hydrogens (tertiary/aromatic N) is 1. The maximum absolute atomic E-state index is 5.52. The zero-order chi connectivity index (χ0) is 10.6. The number of halogens is 1. The number of nitrogens with one attached hydrogen (secondary N) is 1. The second-order valence-electron chi connectivity index (χ2n) is 3.31. The van der Waals surface area contributed by atoms with Crippen molar-refractivity contribution in [2.45, 2.75) is 27.3 Å². The molecule has 0 radical (unpaired) electrons. The quantitative estimate of drug-likeness (QED) is 0.837. The van der Waals surface area contributed by atoms with Crippen LogP contribution in [0.4, 0.5) is 0 Å². The summed E-state index contributed by atoms with van der Waals surface area (Å²) in [6.45, 7) is 7.20. The summed E-state index contributed by atoms with van der Waals surface area (Å²) < 4.78 is 5.40. The van der Waals surface area contributed by atoms with Gasteiger partial charge in [-0.2, -0.15) is 0 Å². The molecule has 1 heterocycles. The van der Waals surface area contributed by atoms with Crippen LogP contribution in [0.1, 0.15) is 24.3 Å². The monoisotopic (exact) mass is 214 g/mol. The van der Waals surface area contributed by atoms with Crippen LogP contribution >= 0.6 is 11.6 Å². The van der Waals surface area contributed by atoms with Gasteiger partial charge in [0.25, 0.3) is 0 Å². The summed E-state index contributed by atoms with van der Waals surface area (Å²) in [6, 6.07) is 0. The fourth-order valence-corrected chi connectivity index (χ4v) is 1.10. The summed E-state index contributed by atoms with van der Waals surface area (Å²) in [5, 5.41) is 3.18. The number of rotatable bonds is 4. The Morgan fingerprint density at radius 1 is 1.57 bits per heavy atom. The van der Waals surface area contributed by atoms with E-state index in [9.17, 15) is 0 Å². The number of oxazole rings is 1. The molecule has 0 fully saturated rings. The highest BCUT2D eigenvalue weighted by Crippen LogP contribution is 2.07. The molecule has 0 spiro atoms. The molecule has 0 amide bonds. The third-order valence-corrected chi connectivity index (χ3v) is 2.31. The van der Waals surface area contributed by atoms with E-state index < -0.39 is 0 Å². The first kappa shape index (κ1) is 11.3. The molecule has 14 heavy (non-hydrogen) atoms. The average Bonchev–Trinajstić information content (AvgIpc) is 2.46. The van der Waals surface area contributed by atoms with Gasteiger partial charge in [0.15, 0.2) is 0 Å². The molecule has 1 rings (SSSR count). The molecule has 0 saturated heterocycles. The second kappa shape index (κ2) is 5.17. The van der Waals surface area contributed by atoms with Crippen LogP contribution in [0.3, 0.4) is 0 Å². The van der Waals surface area contributed by atoms with E-state index in [1.165, 1.54) is 0 Å². The number of aromatic nitrogens is 1. The Bertz CT molecular complexity index is 311. The molecule has 0 atom stereocenters. The minimum atomic E-state index is 0.636. The Labute approximate surface area is 89.2 Å². The Hall–Kier alpha value is -0.800. The van der Waals surface area contributed by atoms with Gasteiger partial charge in [0, 0.05) is 12.1 Å². The van der Waals surface area contributed by atoms with Crippen molar-refractivity contribution in [3.05, 3.63) is 28.5 Å². The summed E-state index contributed by atoms with van der Waals surface area (Å²) in [5.74, 6) is 1.61. The van der Waals surface area contributed by atoms with E-state index in [0.717, 1.165) is 29.5 Å². The second-order valence-corrected chi connectivity index (χ2v) is 3.53. The highest BCUT2D eigenvalue weighted by molar-refractivity contribution is 6.25. The Balaban J connectivity index is 2.39. The van der Waals surface area contributed by atoms with E-state index in [2.05, 4.69) is 10.3 Å². The first-order valence-electron chi connectivity index (χ1n) is 4.53. The lowest BCUT2D eigenvalue weighted by Gasteiger charge is -2.00. The summed E-state index contributed by atoms with van der Waals surface area (Å²) in [6.07, 6.45) is 0. The van der Waals surface area contributed by atoms with Crippen LogP contribution in [0.5, 0.6) is 0 Å². The lowest BCUT2D eigenvalue weighted by molar-refractivity contribution is 0.453.